The van der Waals surface area contributed by atoms with Gasteiger partial charge < -0.3 is 10.1 Å². The van der Waals surface area contributed by atoms with E-state index in [1.165, 1.54) is 18.9 Å². The van der Waals surface area contributed by atoms with E-state index in [1.54, 1.807) is 12.3 Å². The molecule has 1 heterocycles. The van der Waals surface area contributed by atoms with E-state index in [4.69, 9.17) is 0 Å². The van der Waals surface area contributed by atoms with Gasteiger partial charge in [-0.05, 0) is 40.3 Å². The second-order valence-electron chi connectivity index (χ2n) is 2.98. The fourth-order valence-corrected chi connectivity index (χ4v) is 1.16. The van der Waals surface area contributed by atoms with Gasteiger partial charge in [0.1, 0.15) is 6.20 Å². The molecule has 0 bridgehead atoms. The Morgan fingerprint density at radius 3 is 2.67 bits per heavy atom. The van der Waals surface area contributed by atoms with Crippen LogP contribution < -0.4 is 0 Å². The first-order valence-corrected chi connectivity index (χ1v) is 3.88. The molecule has 1 aromatic rings. The van der Waals surface area contributed by atoms with Crippen LogP contribution in [-0.2, 0) is 0 Å². The Balaban J connectivity index is 2.24. The molecule has 0 N–H and O–H groups in total. The summed E-state index contributed by atoms with van der Waals surface area (Å²) in [6.07, 6.45) is 3.99. The molecular weight excluding hydrogens is 156 g/mol. The third-order valence-corrected chi connectivity index (χ3v) is 2.01. The molecular formula is C8H8N2O2. The minimum Gasteiger partial charge on any atom is -0.358 e. The van der Waals surface area contributed by atoms with Crippen LogP contribution in [0.25, 0.3) is 0 Å². The van der Waals surface area contributed by atoms with Gasteiger partial charge >= 0.3 is 5.82 Å². The number of rotatable bonds is 2. The Kier molecular flexibility index (Phi) is 1.53. The van der Waals surface area contributed by atoms with Gasteiger partial charge in [-0.1, -0.05) is 0 Å². The summed E-state index contributed by atoms with van der Waals surface area (Å²) in [5.41, 5.74) is 1.13. The fraction of sp³-hybridized carbons (Fsp3) is 0.375. The molecule has 0 aliphatic heterocycles. The van der Waals surface area contributed by atoms with Crippen LogP contribution in [0.1, 0.15) is 24.3 Å². The van der Waals surface area contributed by atoms with Crippen molar-refractivity contribution in [2.24, 2.45) is 0 Å². The van der Waals surface area contributed by atoms with Crippen molar-refractivity contribution < 1.29 is 4.92 Å². The topological polar surface area (TPSA) is 56.0 Å². The predicted molar refractivity (Wildman–Crippen MR) is 42.9 cm³/mol. The van der Waals surface area contributed by atoms with Crippen LogP contribution in [0.15, 0.2) is 18.3 Å². The molecule has 0 spiro atoms. The third kappa shape index (κ3) is 1.28. The van der Waals surface area contributed by atoms with E-state index in [9.17, 15) is 10.1 Å². The first-order chi connectivity index (χ1) is 5.77. The van der Waals surface area contributed by atoms with Gasteiger partial charge in [-0.3, -0.25) is 0 Å². The van der Waals surface area contributed by atoms with Gasteiger partial charge in [-0.15, -0.1) is 0 Å². The Hall–Kier alpha value is -1.45. The Labute approximate surface area is 69.4 Å². The molecule has 1 aromatic heterocycles. The Bertz CT molecular complexity index is 303. The van der Waals surface area contributed by atoms with Crippen LogP contribution in [0.4, 0.5) is 5.82 Å². The zero-order valence-corrected chi connectivity index (χ0v) is 6.43. The van der Waals surface area contributed by atoms with E-state index >= 15 is 0 Å². The monoisotopic (exact) mass is 164 g/mol. The van der Waals surface area contributed by atoms with Crippen molar-refractivity contribution in [2.45, 2.75) is 18.8 Å². The van der Waals surface area contributed by atoms with Gasteiger partial charge in [0.05, 0.1) is 0 Å². The molecule has 1 fully saturated rings. The normalized spacial score (nSPS) is 16.0. The van der Waals surface area contributed by atoms with E-state index in [0.717, 1.165) is 5.56 Å². The van der Waals surface area contributed by atoms with Crippen molar-refractivity contribution in [3.8, 4) is 0 Å². The summed E-state index contributed by atoms with van der Waals surface area (Å²) in [6.45, 7) is 0. The average Bonchev–Trinajstić information content (AvgIpc) is 2.87. The molecule has 1 aliphatic carbocycles. The second kappa shape index (κ2) is 2.55. The highest BCUT2D eigenvalue weighted by Gasteiger charge is 2.25. The molecule has 62 valence electrons. The van der Waals surface area contributed by atoms with Crippen LogP contribution in [0.5, 0.6) is 0 Å². The van der Waals surface area contributed by atoms with Gasteiger partial charge in [-0.2, -0.15) is 0 Å². The first-order valence-electron chi connectivity index (χ1n) is 3.88. The second-order valence-corrected chi connectivity index (χ2v) is 2.98. The number of nitrogens with zero attached hydrogens (tertiary/aromatic N) is 2. The van der Waals surface area contributed by atoms with Crippen LogP contribution >= 0.6 is 0 Å². The molecule has 0 saturated heterocycles. The zero-order valence-electron chi connectivity index (χ0n) is 6.43. The summed E-state index contributed by atoms with van der Waals surface area (Å²) < 4.78 is 0. The van der Waals surface area contributed by atoms with Crippen molar-refractivity contribution in [3.05, 3.63) is 34.0 Å². The molecule has 0 aromatic carbocycles. The third-order valence-electron chi connectivity index (χ3n) is 2.01. The summed E-state index contributed by atoms with van der Waals surface area (Å²) in [5.74, 6) is 0.540. The lowest BCUT2D eigenvalue weighted by Gasteiger charge is -1.93. The molecule has 2 rings (SSSR count). The molecule has 0 radical (unpaired) electrons. The van der Waals surface area contributed by atoms with Crippen molar-refractivity contribution in [1.82, 2.24) is 4.98 Å². The molecule has 4 nitrogen and oxygen atoms in total. The Morgan fingerprint density at radius 1 is 1.50 bits per heavy atom. The summed E-state index contributed by atoms with van der Waals surface area (Å²) >= 11 is 0. The highest BCUT2D eigenvalue weighted by atomic mass is 16.6. The van der Waals surface area contributed by atoms with Crippen molar-refractivity contribution in [2.75, 3.05) is 0 Å². The molecule has 12 heavy (non-hydrogen) atoms. The standard InChI is InChI=1S/C8H8N2O2/c11-10(12)8-4-3-7(5-9-8)6-1-2-6/h3-6H,1-2H2. The smallest absolute Gasteiger partial charge is 0.358 e. The SMILES string of the molecule is O=[N+]([O-])c1ccc(C2CC2)cn1. The number of aromatic nitrogens is 1. The zero-order chi connectivity index (χ0) is 8.55. The lowest BCUT2D eigenvalue weighted by molar-refractivity contribution is -0.389. The number of hydrogen-bond acceptors (Lipinski definition) is 3. The van der Waals surface area contributed by atoms with Crippen molar-refractivity contribution in [3.63, 3.8) is 0 Å². The van der Waals surface area contributed by atoms with Crippen LogP contribution in [-0.4, -0.2) is 9.91 Å². The summed E-state index contributed by atoms with van der Waals surface area (Å²) in [7, 11) is 0. The molecule has 0 unspecified atom stereocenters. The fourth-order valence-electron chi connectivity index (χ4n) is 1.16. The molecule has 4 heteroatoms. The van der Waals surface area contributed by atoms with Gasteiger partial charge in [0, 0.05) is 6.07 Å². The maximum atomic E-state index is 10.2. The van der Waals surface area contributed by atoms with Crippen molar-refractivity contribution in [1.29, 1.82) is 0 Å². The number of hydrogen-bond donors (Lipinski definition) is 0. The summed E-state index contributed by atoms with van der Waals surface area (Å²) in [4.78, 5) is 13.5. The van der Waals surface area contributed by atoms with Crippen LogP contribution in [0, 0.1) is 10.1 Å². The van der Waals surface area contributed by atoms with E-state index in [0.29, 0.717) is 5.92 Å². The van der Waals surface area contributed by atoms with Crippen LogP contribution in [0.3, 0.4) is 0 Å². The van der Waals surface area contributed by atoms with E-state index in [1.807, 2.05) is 0 Å². The Morgan fingerprint density at radius 2 is 2.25 bits per heavy atom. The highest BCUT2D eigenvalue weighted by molar-refractivity contribution is 5.27. The molecule has 0 atom stereocenters. The lowest BCUT2D eigenvalue weighted by Crippen LogP contribution is -1.91. The predicted octanol–water partition coefficient (Wildman–Crippen LogP) is 1.87. The van der Waals surface area contributed by atoms with E-state index < -0.39 is 4.92 Å². The van der Waals surface area contributed by atoms with Crippen molar-refractivity contribution >= 4 is 5.82 Å². The summed E-state index contributed by atoms with van der Waals surface area (Å²) in [6, 6.07) is 3.26. The van der Waals surface area contributed by atoms with Gasteiger partial charge in [0.15, 0.2) is 0 Å². The quantitative estimate of drug-likeness (QED) is 0.495. The maximum Gasteiger partial charge on any atom is 0.363 e. The summed E-state index contributed by atoms with van der Waals surface area (Å²) in [5, 5.41) is 10.2. The van der Waals surface area contributed by atoms with E-state index in [-0.39, 0.29) is 5.82 Å². The van der Waals surface area contributed by atoms with Gasteiger partial charge in [0.25, 0.3) is 0 Å². The first kappa shape index (κ1) is 7.21. The highest BCUT2D eigenvalue weighted by Crippen LogP contribution is 2.39. The number of nitro groups is 1. The van der Waals surface area contributed by atoms with Gasteiger partial charge in [-0.25, -0.2) is 0 Å². The molecule has 0 amide bonds. The minimum absolute atomic E-state index is 0.0700. The van der Waals surface area contributed by atoms with Crippen LogP contribution in [0.2, 0.25) is 0 Å². The molecule has 1 saturated carbocycles. The molecule has 1 aliphatic rings. The number of pyridine rings is 1. The van der Waals surface area contributed by atoms with Gasteiger partial charge in [0.2, 0.25) is 0 Å². The average molecular weight is 164 g/mol. The largest absolute Gasteiger partial charge is 0.363 e. The van der Waals surface area contributed by atoms with E-state index in [2.05, 4.69) is 4.98 Å². The minimum atomic E-state index is -0.476. The lowest BCUT2D eigenvalue weighted by atomic mass is 10.2. The maximum absolute atomic E-state index is 10.2.